The molecule has 1 fully saturated rings. The summed E-state index contributed by atoms with van der Waals surface area (Å²) in [5, 5.41) is 10.0. The van der Waals surface area contributed by atoms with Gasteiger partial charge < -0.3 is 9.67 Å². The van der Waals surface area contributed by atoms with E-state index in [9.17, 15) is 14.7 Å². The van der Waals surface area contributed by atoms with E-state index in [1.54, 1.807) is 23.1 Å². The Hall–Kier alpha value is -4.36. The molecule has 178 valence electrons. The predicted molar refractivity (Wildman–Crippen MR) is 144 cm³/mol. The zero-order valence-electron chi connectivity index (χ0n) is 19.3. The van der Waals surface area contributed by atoms with Gasteiger partial charge in [-0.1, -0.05) is 54.6 Å². The van der Waals surface area contributed by atoms with Crippen molar-refractivity contribution in [3.8, 4) is 5.69 Å². The van der Waals surface area contributed by atoms with Crippen molar-refractivity contribution in [3.63, 3.8) is 0 Å². The molecular weight excluding hydrogens is 470 g/mol. The van der Waals surface area contributed by atoms with Crippen LogP contribution in [-0.4, -0.2) is 38.2 Å². The highest BCUT2D eigenvalue weighted by Gasteiger charge is 2.33. The molecule has 1 aliphatic rings. The van der Waals surface area contributed by atoms with Crippen LogP contribution in [0.3, 0.4) is 0 Å². The highest BCUT2D eigenvalue weighted by molar-refractivity contribution is 8.18. The van der Waals surface area contributed by atoms with E-state index >= 15 is 0 Å². The normalized spacial score (nSPS) is 15.7. The van der Waals surface area contributed by atoms with E-state index in [0.29, 0.717) is 28.7 Å². The number of hydrogen-bond donors (Lipinski definition) is 1. The summed E-state index contributed by atoms with van der Waals surface area (Å²) in [5.41, 5.74) is 3.63. The molecule has 0 unspecified atom stereocenters. The van der Waals surface area contributed by atoms with Crippen LogP contribution in [-0.2, 0) is 11.2 Å². The van der Waals surface area contributed by atoms with Crippen molar-refractivity contribution in [2.24, 2.45) is 4.99 Å². The zero-order chi connectivity index (χ0) is 24.9. The Balaban J connectivity index is 1.47. The summed E-state index contributed by atoms with van der Waals surface area (Å²) in [6.45, 7) is 0.514. The molecule has 1 saturated heterocycles. The van der Waals surface area contributed by atoms with Crippen LogP contribution in [0.5, 0.6) is 0 Å². The van der Waals surface area contributed by atoms with Crippen molar-refractivity contribution in [3.05, 3.63) is 125 Å². The molecule has 1 aromatic heterocycles. The lowest BCUT2D eigenvalue weighted by atomic mass is 10.1. The topological polar surface area (TPSA) is 74.9 Å². The van der Waals surface area contributed by atoms with E-state index in [4.69, 9.17) is 4.99 Å². The van der Waals surface area contributed by atoms with E-state index < -0.39 is 5.97 Å². The number of rotatable bonds is 7. The molecule has 3 aromatic carbocycles. The number of thioether (sulfide) groups is 1. The number of hydrogen-bond acceptors (Lipinski definition) is 4. The number of carbonyl (C=O) groups excluding carboxylic acids is 1. The van der Waals surface area contributed by atoms with Crippen LogP contribution in [0.4, 0.5) is 5.69 Å². The summed E-state index contributed by atoms with van der Waals surface area (Å²) in [7, 11) is 0. The lowest BCUT2D eigenvalue weighted by Gasteiger charge is -2.15. The Bertz CT molecular complexity index is 1460. The first-order chi connectivity index (χ1) is 17.6. The van der Waals surface area contributed by atoms with Gasteiger partial charge in [-0.2, -0.15) is 0 Å². The summed E-state index contributed by atoms with van der Waals surface area (Å²) in [4.78, 5) is 32.0. The van der Waals surface area contributed by atoms with Crippen LogP contribution in [0.25, 0.3) is 11.8 Å². The van der Waals surface area contributed by atoms with E-state index in [0.717, 1.165) is 16.9 Å². The van der Waals surface area contributed by atoms with Gasteiger partial charge in [-0.25, -0.2) is 9.79 Å². The van der Waals surface area contributed by atoms with Crippen LogP contribution in [0.1, 0.15) is 21.6 Å². The van der Waals surface area contributed by atoms with Gasteiger partial charge in [-0.05, 0) is 72.3 Å². The fraction of sp³-hybridized carbons (Fsp3) is 0.0690. The lowest BCUT2D eigenvalue weighted by molar-refractivity contribution is -0.122. The third-order valence-electron chi connectivity index (χ3n) is 5.77. The highest BCUT2D eigenvalue weighted by Crippen LogP contribution is 2.34. The van der Waals surface area contributed by atoms with Crippen molar-refractivity contribution in [1.82, 2.24) is 9.47 Å². The number of carboxylic acids is 1. The fourth-order valence-corrected chi connectivity index (χ4v) is 4.97. The van der Waals surface area contributed by atoms with E-state index in [2.05, 4.69) is 12.1 Å². The number of aromatic nitrogens is 1. The van der Waals surface area contributed by atoms with Gasteiger partial charge in [0.1, 0.15) is 0 Å². The number of aromatic carboxylic acids is 1. The first kappa shape index (κ1) is 23.4. The SMILES string of the molecule is O=C(O)c1cccc(-n2cccc2/C=C2\SC(=Nc3ccccc3)N(CCc3ccccc3)C2=O)c1. The smallest absolute Gasteiger partial charge is 0.335 e. The molecule has 5 rings (SSSR count). The maximum Gasteiger partial charge on any atom is 0.335 e. The van der Waals surface area contributed by atoms with Gasteiger partial charge >= 0.3 is 5.97 Å². The quantitative estimate of drug-likeness (QED) is 0.319. The van der Waals surface area contributed by atoms with Gasteiger partial charge in [0.25, 0.3) is 5.91 Å². The minimum Gasteiger partial charge on any atom is -0.478 e. The van der Waals surface area contributed by atoms with Crippen LogP contribution in [0, 0.1) is 0 Å². The number of benzene rings is 3. The van der Waals surface area contributed by atoms with Gasteiger partial charge in [0.2, 0.25) is 0 Å². The van der Waals surface area contributed by atoms with E-state index in [1.807, 2.05) is 83.6 Å². The third-order valence-corrected chi connectivity index (χ3v) is 6.77. The molecule has 0 atom stereocenters. The van der Waals surface area contributed by atoms with Crippen LogP contribution >= 0.6 is 11.8 Å². The number of carbonyl (C=O) groups is 2. The van der Waals surface area contributed by atoms with E-state index in [1.165, 1.54) is 11.8 Å². The van der Waals surface area contributed by atoms with Crippen LogP contribution in [0.15, 0.2) is 113 Å². The minimum absolute atomic E-state index is 0.0994. The Morgan fingerprint density at radius 1 is 0.917 bits per heavy atom. The maximum absolute atomic E-state index is 13.5. The number of aliphatic imine (C=N–C) groups is 1. The Labute approximate surface area is 213 Å². The molecule has 36 heavy (non-hydrogen) atoms. The average molecular weight is 494 g/mol. The molecule has 1 aliphatic heterocycles. The molecule has 0 bridgehead atoms. The second-order valence-corrected chi connectivity index (χ2v) is 9.20. The Morgan fingerprint density at radius 2 is 1.67 bits per heavy atom. The number of nitrogens with zero attached hydrogens (tertiary/aromatic N) is 3. The van der Waals surface area contributed by atoms with Crippen molar-refractivity contribution >= 4 is 40.6 Å². The summed E-state index contributed by atoms with van der Waals surface area (Å²) < 4.78 is 1.87. The van der Waals surface area contributed by atoms with Gasteiger partial charge in [-0.3, -0.25) is 9.69 Å². The number of carboxylic acid groups (broad SMARTS) is 1. The molecule has 2 heterocycles. The van der Waals surface area contributed by atoms with Gasteiger partial charge in [0.15, 0.2) is 5.17 Å². The molecule has 6 nitrogen and oxygen atoms in total. The summed E-state index contributed by atoms with van der Waals surface area (Å²) in [6, 6.07) is 30.2. The first-order valence-corrected chi connectivity index (χ1v) is 12.3. The number of amidine groups is 1. The van der Waals surface area contributed by atoms with Crippen LogP contribution < -0.4 is 0 Å². The summed E-state index contributed by atoms with van der Waals surface area (Å²) in [5.74, 6) is -1.08. The maximum atomic E-state index is 13.5. The molecule has 7 heteroatoms. The van der Waals surface area contributed by atoms with Crippen molar-refractivity contribution in [2.75, 3.05) is 6.54 Å². The molecule has 0 spiro atoms. The molecule has 4 aromatic rings. The average Bonchev–Trinajstić information content (AvgIpc) is 3.48. The van der Waals surface area contributed by atoms with Gasteiger partial charge in [-0.15, -0.1) is 0 Å². The highest BCUT2D eigenvalue weighted by atomic mass is 32.2. The van der Waals surface area contributed by atoms with E-state index in [-0.39, 0.29) is 11.5 Å². The molecule has 1 amide bonds. The lowest BCUT2D eigenvalue weighted by Crippen LogP contribution is -2.31. The van der Waals surface area contributed by atoms with Gasteiger partial charge in [0.05, 0.1) is 16.2 Å². The molecule has 0 saturated carbocycles. The second-order valence-electron chi connectivity index (χ2n) is 8.19. The number of para-hydroxylation sites is 1. The third kappa shape index (κ3) is 5.16. The zero-order valence-corrected chi connectivity index (χ0v) is 20.1. The number of amides is 1. The standard InChI is InChI=1S/C29H23N3O3S/c33-27-26(20-25-15-8-17-31(25)24-14-7-11-22(19-24)28(34)35)36-29(30-23-12-5-2-6-13-23)32(27)18-16-21-9-3-1-4-10-21/h1-15,17,19-20H,16,18H2,(H,34,35)/b26-20-,30-29?. The summed E-state index contributed by atoms with van der Waals surface area (Å²) in [6.07, 6.45) is 4.40. The molecule has 0 aliphatic carbocycles. The largest absolute Gasteiger partial charge is 0.478 e. The first-order valence-electron chi connectivity index (χ1n) is 11.5. The minimum atomic E-state index is -0.985. The molecule has 0 radical (unpaired) electrons. The molecular formula is C29H23N3O3S. The van der Waals surface area contributed by atoms with Crippen molar-refractivity contribution in [2.45, 2.75) is 6.42 Å². The van der Waals surface area contributed by atoms with Crippen LogP contribution in [0.2, 0.25) is 0 Å². The van der Waals surface area contributed by atoms with Crippen molar-refractivity contribution in [1.29, 1.82) is 0 Å². The predicted octanol–water partition coefficient (Wildman–Crippen LogP) is 6.02. The molecule has 1 N–H and O–H groups in total. The fourth-order valence-electron chi connectivity index (χ4n) is 3.96. The Morgan fingerprint density at radius 3 is 2.42 bits per heavy atom. The summed E-state index contributed by atoms with van der Waals surface area (Å²) >= 11 is 1.35. The monoisotopic (exact) mass is 493 g/mol. The van der Waals surface area contributed by atoms with Gasteiger partial charge in [0, 0.05) is 24.1 Å². The van der Waals surface area contributed by atoms with Crippen molar-refractivity contribution < 1.29 is 14.7 Å². The Kier molecular flexibility index (Phi) is 6.82. The second kappa shape index (κ2) is 10.5.